The van der Waals surface area contributed by atoms with Crippen LogP contribution in [0.4, 0.5) is 5.69 Å². The lowest BCUT2D eigenvalue weighted by atomic mass is 9.73. The average Bonchev–Trinajstić information content (AvgIpc) is 2.89. The van der Waals surface area contributed by atoms with Crippen molar-refractivity contribution in [2.75, 3.05) is 12.0 Å². The van der Waals surface area contributed by atoms with Crippen molar-refractivity contribution >= 4 is 23.1 Å². The SMILES string of the molecule is COc1ccc(C2C(=C(O)c3ccc(C)cc3)C(=N)N(c3ccccc3)C3=C2C(=O)CCC3)cc1. The van der Waals surface area contributed by atoms with Crippen LogP contribution in [-0.2, 0) is 4.79 Å². The van der Waals surface area contributed by atoms with Crippen molar-refractivity contribution in [3.63, 3.8) is 0 Å². The second-order valence-electron chi connectivity index (χ2n) is 8.99. The van der Waals surface area contributed by atoms with E-state index in [9.17, 15) is 15.3 Å². The molecular formula is C30H28N2O3. The van der Waals surface area contributed by atoms with Gasteiger partial charge in [-0.3, -0.25) is 15.1 Å². The first-order chi connectivity index (χ1) is 17.0. The molecule has 35 heavy (non-hydrogen) atoms. The third-order valence-electron chi connectivity index (χ3n) is 6.80. The number of ketones is 1. The number of allylic oxidation sites excluding steroid dienone is 2. The molecule has 1 heterocycles. The van der Waals surface area contributed by atoms with Crippen LogP contribution >= 0.6 is 0 Å². The molecule has 176 valence electrons. The number of aryl methyl sites for hydroxylation is 1. The maximum absolute atomic E-state index is 13.5. The van der Waals surface area contributed by atoms with Gasteiger partial charge in [0.1, 0.15) is 17.3 Å². The van der Waals surface area contributed by atoms with Gasteiger partial charge in [0.05, 0.1) is 7.11 Å². The Morgan fingerprint density at radius 3 is 2.31 bits per heavy atom. The van der Waals surface area contributed by atoms with E-state index in [2.05, 4.69) is 0 Å². The van der Waals surface area contributed by atoms with Gasteiger partial charge in [0, 0.05) is 40.4 Å². The minimum atomic E-state index is -0.544. The van der Waals surface area contributed by atoms with Crippen LogP contribution in [0, 0.1) is 12.3 Å². The Morgan fingerprint density at radius 2 is 1.66 bits per heavy atom. The molecule has 0 aromatic heterocycles. The molecule has 0 saturated heterocycles. The van der Waals surface area contributed by atoms with Crippen molar-refractivity contribution in [2.45, 2.75) is 32.1 Å². The van der Waals surface area contributed by atoms with Crippen molar-refractivity contribution in [1.29, 1.82) is 5.41 Å². The maximum Gasteiger partial charge on any atom is 0.161 e. The Kier molecular flexibility index (Phi) is 6.00. The number of carbonyl (C=O) groups excluding carboxylic acids is 1. The minimum Gasteiger partial charge on any atom is -0.507 e. The number of aliphatic hydroxyl groups is 1. The number of carbonyl (C=O) groups is 1. The molecule has 0 radical (unpaired) electrons. The third kappa shape index (κ3) is 4.03. The topological polar surface area (TPSA) is 73.6 Å². The van der Waals surface area contributed by atoms with Crippen LogP contribution in [-0.4, -0.2) is 23.8 Å². The van der Waals surface area contributed by atoms with Gasteiger partial charge in [0.15, 0.2) is 5.78 Å². The Bertz CT molecular complexity index is 1340. The summed E-state index contributed by atoms with van der Waals surface area (Å²) in [6.07, 6.45) is 1.90. The molecule has 0 spiro atoms. The van der Waals surface area contributed by atoms with Crippen molar-refractivity contribution in [2.24, 2.45) is 0 Å². The quantitative estimate of drug-likeness (QED) is 0.429. The Balaban J connectivity index is 1.81. The molecule has 0 amide bonds. The molecule has 5 rings (SSSR count). The average molecular weight is 465 g/mol. The molecule has 3 aromatic rings. The van der Waals surface area contributed by atoms with E-state index in [1.165, 1.54) is 0 Å². The van der Waals surface area contributed by atoms with Crippen LogP contribution in [0.15, 0.2) is 95.7 Å². The molecule has 0 saturated carbocycles. The molecule has 2 aliphatic rings. The summed E-state index contributed by atoms with van der Waals surface area (Å²) in [4.78, 5) is 15.3. The molecule has 2 N–H and O–H groups in total. The fourth-order valence-corrected chi connectivity index (χ4v) is 5.05. The molecule has 1 aliphatic carbocycles. The summed E-state index contributed by atoms with van der Waals surface area (Å²) in [5, 5.41) is 21.0. The van der Waals surface area contributed by atoms with E-state index in [1.54, 1.807) is 7.11 Å². The smallest absolute Gasteiger partial charge is 0.161 e. The highest BCUT2D eigenvalue weighted by Gasteiger charge is 2.43. The molecule has 5 nitrogen and oxygen atoms in total. The maximum atomic E-state index is 13.5. The zero-order valence-electron chi connectivity index (χ0n) is 19.9. The number of anilines is 1. The van der Waals surface area contributed by atoms with Gasteiger partial charge in [-0.15, -0.1) is 0 Å². The lowest BCUT2D eigenvalue weighted by Crippen LogP contribution is -2.42. The second-order valence-corrected chi connectivity index (χ2v) is 8.99. The van der Waals surface area contributed by atoms with E-state index in [4.69, 9.17) is 4.74 Å². The molecule has 3 aromatic carbocycles. The number of hydrogen-bond donors (Lipinski definition) is 2. The summed E-state index contributed by atoms with van der Waals surface area (Å²) in [6.45, 7) is 1.99. The molecule has 0 fully saturated rings. The van der Waals surface area contributed by atoms with Gasteiger partial charge in [-0.25, -0.2) is 0 Å². The summed E-state index contributed by atoms with van der Waals surface area (Å²) in [6, 6.07) is 24.8. The van der Waals surface area contributed by atoms with Crippen molar-refractivity contribution in [1.82, 2.24) is 0 Å². The minimum absolute atomic E-state index is 0.0154. The number of methoxy groups -OCH3 is 1. The first-order valence-corrected chi connectivity index (χ1v) is 11.8. The van der Waals surface area contributed by atoms with E-state index in [0.29, 0.717) is 35.3 Å². The van der Waals surface area contributed by atoms with Crippen molar-refractivity contribution in [3.05, 3.63) is 112 Å². The molecule has 5 heteroatoms. The number of nitrogens with zero attached hydrogens (tertiary/aromatic N) is 1. The number of hydrogen-bond acceptors (Lipinski definition) is 4. The fraction of sp³-hybridized carbons (Fsp3) is 0.200. The van der Waals surface area contributed by atoms with Crippen molar-refractivity contribution < 1.29 is 14.6 Å². The molecule has 1 atom stereocenters. The highest BCUT2D eigenvalue weighted by atomic mass is 16.5. The van der Waals surface area contributed by atoms with Gasteiger partial charge in [-0.1, -0.05) is 60.2 Å². The number of nitrogens with one attached hydrogen (secondary N) is 1. The third-order valence-corrected chi connectivity index (χ3v) is 6.80. The van der Waals surface area contributed by atoms with Crippen LogP contribution in [0.2, 0.25) is 0 Å². The zero-order valence-corrected chi connectivity index (χ0v) is 19.9. The van der Waals surface area contributed by atoms with E-state index in [0.717, 1.165) is 28.9 Å². The molecule has 1 unspecified atom stereocenters. The standard InChI is InChI=1S/C30H28N2O3/c1-19-11-13-21(14-12-19)29(34)28-26(20-15-17-23(35-2)18-16-20)27-24(9-6-10-25(27)33)32(30(28)31)22-7-4-3-5-8-22/h3-5,7-8,11-18,26,31,34H,6,9-10H2,1-2H3. The molecule has 1 aliphatic heterocycles. The van der Waals surface area contributed by atoms with Gasteiger partial charge in [0.2, 0.25) is 0 Å². The Morgan fingerprint density at radius 1 is 0.971 bits per heavy atom. The first kappa shape index (κ1) is 22.7. The predicted molar refractivity (Wildman–Crippen MR) is 139 cm³/mol. The van der Waals surface area contributed by atoms with Crippen LogP contribution in [0.3, 0.4) is 0 Å². The first-order valence-electron chi connectivity index (χ1n) is 11.8. The van der Waals surface area contributed by atoms with Crippen LogP contribution < -0.4 is 9.64 Å². The normalized spacial score (nSPS) is 19.5. The monoisotopic (exact) mass is 464 g/mol. The lowest BCUT2D eigenvalue weighted by molar-refractivity contribution is -0.116. The van der Waals surface area contributed by atoms with Gasteiger partial charge >= 0.3 is 0 Å². The van der Waals surface area contributed by atoms with Crippen molar-refractivity contribution in [3.8, 4) is 5.75 Å². The number of amidine groups is 1. The highest BCUT2D eigenvalue weighted by Crippen LogP contribution is 2.48. The van der Waals surface area contributed by atoms with E-state index < -0.39 is 5.92 Å². The van der Waals surface area contributed by atoms with E-state index >= 15 is 0 Å². The Hall–Kier alpha value is -4.12. The molecular weight excluding hydrogens is 436 g/mol. The van der Waals surface area contributed by atoms with E-state index in [1.807, 2.05) is 90.7 Å². The number of benzene rings is 3. The van der Waals surface area contributed by atoms with Crippen LogP contribution in [0.1, 0.15) is 41.9 Å². The number of aliphatic hydroxyl groups excluding tert-OH is 1. The summed E-state index contributed by atoms with van der Waals surface area (Å²) in [5.41, 5.74) is 5.29. The van der Waals surface area contributed by atoms with E-state index in [-0.39, 0.29) is 17.4 Å². The number of ether oxygens (including phenoxy) is 1. The number of rotatable bonds is 4. The predicted octanol–water partition coefficient (Wildman–Crippen LogP) is 6.56. The zero-order chi connectivity index (χ0) is 24.5. The van der Waals surface area contributed by atoms with Gasteiger partial charge in [-0.05, 0) is 49.6 Å². The Labute approximate surface area is 205 Å². The largest absolute Gasteiger partial charge is 0.507 e. The lowest BCUT2D eigenvalue weighted by Gasteiger charge is -2.41. The van der Waals surface area contributed by atoms with Gasteiger partial charge < -0.3 is 9.84 Å². The van der Waals surface area contributed by atoms with Gasteiger partial charge in [0.25, 0.3) is 0 Å². The van der Waals surface area contributed by atoms with Crippen LogP contribution in [0.25, 0.3) is 5.76 Å². The number of Topliss-reactive ketones (excluding diaryl/α,β-unsaturated/α-hetero) is 1. The van der Waals surface area contributed by atoms with Gasteiger partial charge in [-0.2, -0.15) is 0 Å². The summed E-state index contributed by atoms with van der Waals surface area (Å²) in [7, 11) is 1.61. The fourth-order valence-electron chi connectivity index (χ4n) is 5.05. The summed E-state index contributed by atoms with van der Waals surface area (Å²) < 4.78 is 5.34. The number of para-hydroxylation sites is 1. The summed E-state index contributed by atoms with van der Waals surface area (Å²) >= 11 is 0. The second kappa shape index (κ2) is 9.26. The summed E-state index contributed by atoms with van der Waals surface area (Å²) in [5.74, 6) is 0.431. The van der Waals surface area contributed by atoms with Crippen LogP contribution in [0.5, 0.6) is 5.75 Å². The molecule has 0 bridgehead atoms. The highest BCUT2D eigenvalue weighted by molar-refractivity contribution is 6.19.